The van der Waals surface area contributed by atoms with E-state index in [1.54, 1.807) is 0 Å². The first-order valence-corrected chi connectivity index (χ1v) is 3.88. The van der Waals surface area contributed by atoms with Gasteiger partial charge in [0.05, 0.1) is 0 Å². The van der Waals surface area contributed by atoms with Gasteiger partial charge in [0, 0.05) is 17.6 Å². The summed E-state index contributed by atoms with van der Waals surface area (Å²) in [4.78, 5) is 1.25. The topological polar surface area (TPSA) is 12.0 Å². The average Bonchev–Trinajstić information content (AvgIpc) is 1.89. The summed E-state index contributed by atoms with van der Waals surface area (Å²) in [6, 6.07) is 0. The van der Waals surface area contributed by atoms with Gasteiger partial charge in [-0.2, -0.15) is 0 Å². The molecule has 2 heteroatoms. The molecule has 0 saturated carbocycles. The molecule has 0 atom stereocenters. The van der Waals surface area contributed by atoms with Crippen LogP contribution in [-0.2, 0) is 0 Å². The van der Waals surface area contributed by atoms with Crippen LogP contribution in [0.3, 0.4) is 0 Å². The number of hydrogen-bond acceptors (Lipinski definition) is 2. The van der Waals surface area contributed by atoms with Crippen molar-refractivity contribution in [2.45, 2.75) is 25.7 Å². The number of nitrogens with one attached hydrogen (secondary N) is 1. The smallest absolute Gasteiger partial charge is 0.0198 e. The van der Waals surface area contributed by atoms with Crippen molar-refractivity contribution in [3.05, 3.63) is 10.6 Å². The van der Waals surface area contributed by atoms with Gasteiger partial charge < -0.3 is 5.32 Å². The minimum Gasteiger partial charge on any atom is -0.391 e. The Bertz CT molecular complexity index is 129. The summed E-state index contributed by atoms with van der Waals surface area (Å²) in [7, 11) is 1.97. The van der Waals surface area contributed by atoms with E-state index < -0.39 is 0 Å². The van der Waals surface area contributed by atoms with Gasteiger partial charge >= 0.3 is 0 Å². The van der Waals surface area contributed by atoms with E-state index in [0.717, 1.165) is 0 Å². The number of rotatable bonds is 1. The summed E-state index contributed by atoms with van der Waals surface area (Å²) < 4.78 is 0. The lowest BCUT2D eigenvalue weighted by atomic mass is 10.0. The van der Waals surface area contributed by atoms with Crippen LogP contribution >= 0.6 is 12.6 Å². The number of allylic oxidation sites excluding steroid dienone is 2. The summed E-state index contributed by atoms with van der Waals surface area (Å²) in [5.41, 5.74) is 1.34. The first-order valence-electron chi connectivity index (χ1n) is 3.43. The van der Waals surface area contributed by atoms with Crippen molar-refractivity contribution >= 4 is 12.6 Å². The van der Waals surface area contributed by atoms with Crippen molar-refractivity contribution in [3.8, 4) is 0 Å². The van der Waals surface area contributed by atoms with Crippen LogP contribution in [0.1, 0.15) is 25.7 Å². The normalized spacial score (nSPS) is 20.2. The number of thiol groups is 1. The van der Waals surface area contributed by atoms with Crippen molar-refractivity contribution in [3.63, 3.8) is 0 Å². The Balaban J connectivity index is 2.59. The van der Waals surface area contributed by atoms with Crippen LogP contribution in [0, 0.1) is 0 Å². The van der Waals surface area contributed by atoms with Gasteiger partial charge in [0.25, 0.3) is 0 Å². The lowest BCUT2D eigenvalue weighted by Gasteiger charge is -2.15. The van der Waals surface area contributed by atoms with Crippen LogP contribution in [0.25, 0.3) is 0 Å². The van der Waals surface area contributed by atoms with Crippen molar-refractivity contribution in [2.24, 2.45) is 0 Å². The molecule has 0 saturated heterocycles. The Hall–Kier alpha value is -0.110. The molecule has 0 aromatic carbocycles. The van der Waals surface area contributed by atoms with Gasteiger partial charge in [-0.05, 0) is 25.7 Å². The van der Waals surface area contributed by atoms with Crippen LogP contribution in [0.5, 0.6) is 0 Å². The van der Waals surface area contributed by atoms with Crippen LogP contribution in [0.15, 0.2) is 10.6 Å². The molecule has 0 unspecified atom stereocenters. The molecule has 0 aromatic heterocycles. The molecule has 0 amide bonds. The van der Waals surface area contributed by atoms with Crippen molar-refractivity contribution < 1.29 is 0 Å². The van der Waals surface area contributed by atoms with E-state index >= 15 is 0 Å². The van der Waals surface area contributed by atoms with Gasteiger partial charge in [0.2, 0.25) is 0 Å². The number of hydrogen-bond donors (Lipinski definition) is 2. The fourth-order valence-electron chi connectivity index (χ4n) is 1.16. The Kier molecular flexibility index (Phi) is 2.46. The molecule has 0 bridgehead atoms. The highest BCUT2D eigenvalue weighted by molar-refractivity contribution is 7.84. The van der Waals surface area contributed by atoms with Crippen LogP contribution in [0.2, 0.25) is 0 Å². The fourth-order valence-corrected chi connectivity index (χ4v) is 1.54. The first kappa shape index (κ1) is 7.00. The second-order valence-corrected chi connectivity index (χ2v) is 2.92. The molecule has 1 nitrogen and oxygen atoms in total. The average molecular weight is 143 g/mol. The molecule has 0 fully saturated rings. The van der Waals surface area contributed by atoms with Gasteiger partial charge in [-0.1, -0.05) is 0 Å². The lowest BCUT2D eigenvalue weighted by molar-refractivity contribution is 0.660. The zero-order valence-corrected chi connectivity index (χ0v) is 6.67. The second kappa shape index (κ2) is 3.16. The van der Waals surface area contributed by atoms with E-state index in [9.17, 15) is 0 Å². The van der Waals surface area contributed by atoms with Gasteiger partial charge in [0.15, 0.2) is 0 Å². The zero-order valence-electron chi connectivity index (χ0n) is 5.78. The first-order chi connectivity index (χ1) is 4.34. The van der Waals surface area contributed by atoms with E-state index in [1.807, 2.05) is 7.05 Å². The molecule has 0 heterocycles. The lowest BCUT2D eigenvalue weighted by Crippen LogP contribution is -2.10. The van der Waals surface area contributed by atoms with Crippen LogP contribution in [0.4, 0.5) is 0 Å². The standard InChI is InChI=1S/C7H13NS/c1-8-6-4-2-3-5-7(6)9/h8-9H,2-5H2,1H3. The Morgan fingerprint density at radius 2 is 2.00 bits per heavy atom. The molecule has 0 spiro atoms. The molecule has 1 N–H and O–H groups in total. The predicted octanol–water partition coefficient (Wildman–Crippen LogP) is 1.92. The van der Waals surface area contributed by atoms with E-state index in [-0.39, 0.29) is 0 Å². The fraction of sp³-hybridized carbons (Fsp3) is 0.714. The highest BCUT2D eigenvalue weighted by Gasteiger charge is 2.06. The monoisotopic (exact) mass is 143 g/mol. The highest BCUT2D eigenvalue weighted by atomic mass is 32.1. The third kappa shape index (κ3) is 1.65. The minimum absolute atomic E-state index is 1.17. The van der Waals surface area contributed by atoms with E-state index in [0.29, 0.717) is 0 Å². The summed E-state index contributed by atoms with van der Waals surface area (Å²) in [6.45, 7) is 0. The maximum absolute atomic E-state index is 4.35. The van der Waals surface area contributed by atoms with Crippen LogP contribution < -0.4 is 5.32 Å². The SMILES string of the molecule is CNC1=C(S)CCCC1. The molecule has 0 aliphatic heterocycles. The third-order valence-corrected chi connectivity index (χ3v) is 2.23. The van der Waals surface area contributed by atoms with E-state index in [1.165, 1.54) is 36.3 Å². The summed E-state index contributed by atoms with van der Waals surface area (Å²) >= 11 is 4.35. The maximum Gasteiger partial charge on any atom is 0.0198 e. The largest absolute Gasteiger partial charge is 0.391 e. The van der Waals surface area contributed by atoms with Gasteiger partial charge in [-0.3, -0.25) is 0 Å². The molecule has 52 valence electrons. The van der Waals surface area contributed by atoms with E-state index in [4.69, 9.17) is 0 Å². The van der Waals surface area contributed by atoms with Crippen LogP contribution in [-0.4, -0.2) is 7.05 Å². The summed E-state index contributed by atoms with van der Waals surface area (Å²) in [5, 5.41) is 3.16. The molecular weight excluding hydrogens is 130 g/mol. The summed E-state index contributed by atoms with van der Waals surface area (Å²) in [6.07, 6.45) is 4.98. The molecule has 1 aliphatic rings. The zero-order chi connectivity index (χ0) is 6.69. The Morgan fingerprint density at radius 1 is 1.33 bits per heavy atom. The highest BCUT2D eigenvalue weighted by Crippen LogP contribution is 2.24. The summed E-state index contributed by atoms with van der Waals surface area (Å²) in [5.74, 6) is 0. The van der Waals surface area contributed by atoms with Crippen molar-refractivity contribution in [1.29, 1.82) is 0 Å². The quantitative estimate of drug-likeness (QED) is 0.534. The Morgan fingerprint density at radius 3 is 2.44 bits per heavy atom. The van der Waals surface area contributed by atoms with E-state index in [2.05, 4.69) is 17.9 Å². The molecule has 0 radical (unpaired) electrons. The molecule has 9 heavy (non-hydrogen) atoms. The molecule has 1 aliphatic carbocycles. The molecule has 0 aromatic rings. The Labute approximate surface area is 61.9 Å². The maximum atomic E-state index is 4.35. The second-order valence-electron chi connectivity index (χ2n) is 2.38. The van der Waals surface area contributed by atoms with Gasteiger partial charge in [-0.15, -0.1) is 12.6 Å². The minimum atomic E-state index is 1.17. The van der Waals surface area contributed by atoms with Gasteiger partial charge in [0.1, 0.15) is 0 Å². The van der Waals surface area contributed by atoms with Crippen molar-refractivity contribution in [2.75, 3.05) is 7.05 Å². The predicted molar refractivity (Wildman–Crippen MR) is 43.5 cm³/mol. The van der Waals surface area contributed by atoms with Gasteiger partial charge in [-0.25, -0.2) is 0 Å². The third-order valence-electron chi connectivity index (χ3n) is 1.74. The molecule has 1 rings (SSSR count). The molecular formula is C7H13NS. The van der Waals surface area contributed by atoms with Crippen molar-refractivity contribution in [1.82, 2.24) is 5.32 Å².